The molecule has 0 aromatic heterocycles. The number of nitro benzene ring substituents is 1. The number of hydrogen-bond donors (Lipinski definition) is 4. The van der Waals surface area contributed by atoms with E-state index in [1.165, 1.54) is 18.2 Å². The average Bonchev–Trinajstić information content (AvgIpc) is 3.03. The van der Waals surface area contributed by atoms with Crippen LogP contribution in [0.15, 0.2) is 119 Å². The van der Waals surface area contributed by atoms with Gasteiger partial charge < -0.3 is 10.8 Å². The minimum absolute atomic E-state index is 0. The molecule has 0 amide bonds. The van der Waals surface area contributed by atoms with Gasteiger partial charge in [0.1, 0.15) is 21.2 Å². The summed E-state index contributed by atoms with van der Waals surface area (Å²) < 4.78 is 69.3. The fourth-order valence-electron chi connectivity index (χ4n) is 4.56. The Balaban J connectivity index is 0.00000562. The third kappa shape index (κ3) is 8.22. The molecule has 5 rings (SSSR count). The topological polar surface area (TPSA) is 272 Å². The van der Waals surface area contributed by atoms with Gasteiger partial charge in [0.2, 0.25) is 0 Å². The van der Waals surface area contributed by atoms with Crippen molar-refractivity contribution in [2.45, 2.75) is 23.6 Å². The number of rotatable bonds is 9. The van der Waals surface area contributed by atoms with Crippen LogP contribution in [-0.4, -0.2) is 36.0 Å². The zero-order chi connectivity index (χ0) is 35.7. The Hall–Kier alpha value is -5.02. The summed E-state index contributed by atoms with van der Waals surface area (Å²) in [4.78, 5) is 8.42. The van der Waals surface area contributed by atoms with Gasteiger partial charge in [-0.05, 0) is 78.9 Å². The largest absolute Gasteiger partial charge is 1.00 e. The van der Waals surface area contributed by atoms with E-state index in [0.717, 1.165) is 29.8 Å². The van der Waals surface area contributed by atoms with E-state index in [-0.39, 0.29) is 57.4 Å². The molecule has 0 atom stereocenters. The number of nitrogens with two attached hydrogens (primary N) is 1. The van der Waals surface area contributed by atoms with Crippen molar-refractivity contribution in [1.82, 2.24) is 0 Å². The Kier molecular flexibility index (Phi) is 11.2. The molecule has 0 saturated carbocycles. The predicted molar refractivity (Wildman–Crippen MR) is 178 cm³/mol. The summed E-state index contributed by atoms with van der Waals surface area (Å²) in [7, 11) is -10.2. The molecule has 0 heterocycles. The van der Waals surface area contributed by atoms with Crippen LogP contribution in [0.1, 0.15) is 11.1 Å². The second-order valence-electron chi connectivity index (χ2n) is 10.4. The summed E-state index contributed by atoms with van der Waals surface area (Å²) in [6.45, 7) is 3.56. The van der Waals surface area contributed by atoms with Gasteiger partial charge in [-0.1, -0.05) is 18.2 Å². The van der Waals surface area contributed by atoms with E-state index in [0.29, 0.717) is 16.9 Å². The van der Waals surface area contributed by atoms with Crippen molar-refractivity contribution in [3.8, 4) is 5.75 Å². The molecule has 0 aliphatic carbocycles. The first-order chi connectivity index (χ1) is 23.0. The summed E-state index contributed by atoms with van der Waals surface area (Å²) >= 11 is 0. The number of aromatic hydroxyl groups is 1. The fourth-order valence-corrected chi connectivity index (χ4v) is 5.89. The average molecular weight is 728 g/mol. The van der Waals surface area contributed by atoms with Gasteiger partial charge in [-0.2, -0.15) is 37.3 Å². The van der Waals surface area contributed by atoms with Gasteiger partial charge in [0.05, 0.1) is 38.7 Å². The van der Waals surface area contributed by atoms with Gasteiger partial charge in [-0.25, -0.2) is 0 Å². The van der Waals surface area contributed by atoms with Crippen LogP contribution in [0, 0.1) is 24.0 Å². The number of anilines is 1. The number of fused-ring (bicyclic) bond motifs is 1. The van der Waals surface area contributed by atoms with Crippen LogP contribution in [0.4, 0.5) is 45.5 Å². The van der Waals surface area contributed by atoms with E-state index in [1.54, 1.807) is 25.1 Å². The number of azo groups is 3. The molecule has 0 unspecified atom stereocenters. The first-order valence-corrected chi connectivity index (χ1v) is 16.7. The number of hydrogen-bond acceptors (Lipinski definition) is 14. The molecule has 20 heteroatoms. The maximum absolute atomic E-state index is 12.4. The van der Waals surface area contributed by atoms with E-state index in [2.05, 4.69) is 30.7 Å². The zero-order valence-corrected chi connectivity index (χ0v) is 30.0. The summed E-state index contributed by atoms with van der Waals surface area (Å²) in [5.41, 5.74) is 6.85. The summed E-state index contributed by atoms with van der Waals surface area (Å²) in [6.07, 6.45) is 0. The van der Waals surface area contributed by atoms with E-state index in [9.17, 15) is 41.2 Å². The van der Waals surface area contributed by atoms with E-state index >= 15 is 0 Å². The van der Waals surface area contributed by atoms with Crippen LogP contribution in [0.2, 0.25) is 0 Å². The molecular weight excluding hydrogens is 704 g/mol. The second-order valence-corrected chi connectivity index (χ2v) is 13.2. The maximum Gasteiger partial charge on any atom is 1.00 e. The number of non-ortho nitro benzene ring substituents is 1. The van der Waals surface area contributed by atoms with Crippen LogP contribution in [0.3, 0.4) is 0 Å². The molecule has 0 saturated heterocycles. The molecule has 0 radical (unpaired) electrons. The van der Waals surface area contributed by atoms with Gasteiger partial charge in [0.15, 0.2) is 5.75 Å². The van der Waals surface area contributed by atoms with Crippen molar-refractivity contribution in [2.75, 3.05) is 5.73 Å². The molecular formula is C30H24N8NaO9S2+. The third-order valence-electron chi connectivity index (χ3n) is 7.02. The third-order valence-corrected chi connectivity index (χ3v) is 8.76. The Morgan fingerprint density at radius 3 is 1.78 bits per heavy atom. The number of phenolic OH excluding ortho intramolecular Hbond substituents is 1. The number of benzene rings is 5. The van der Waals surface area contributed by atoms with Gasteiger partial charge in [-0.3, -0.25) is 19.2 Å². The van der Waals surface area contributed by atoms with Crippen LogP contribution in [-0.2, 0) is 20.2 Å². The predicted octanol–water partition coefficient (Wildman–Crippen LogP) is 5.40. The van der Waals surface area contributed by atoms with Crippen molar-refractivity contribution in [3.63, 3.8) is 0 Å². The molecule has 0 aliphatic rings. The van der Waals surface area contributed by atoms with Crippen LogP contribution >= 0.6 is 0 Å². The van der Waals surface area contributed by atoms with Crippen LogP contribution < -0.4 is 35.3 Å². The number of nitrogen functional groups attached to an aromatic ring is 1. The zero-order valence-electron chi connectivity index (χ0n) is 26.3. The number of aryl methyl sites for hydroxylation is 2. The Morgan fingerprint density at radius 2 is 1.20 bits per heavy atom. The molecule has 5 N–H and O–H groups in total. The van der Waals surface area contributed by atoms with Gasteiger partial charge in [0.25, 0.3) is 25.9 Å². The van der Waals surface area contributed by atoms with Crippen molar-refractivity contribution in [3.05, 3.63) is 100 Å². The van der Waals surface area contributed by atoms with Crippen molar-refractivity contribution in [2.24, 2.45) is 30.7 Å². The van der Waals surface area contributed by atoms with E-state index < -0.39 is 57.8 Å². The van der Waals surface area contributed by atoms with Crippen LogP contribution in [0.5, 0.6) is 5.75 Å². The Labute approximate surface area is 306 Å². The van der Waals surface area contributed by atoms with Crippen molar-refractivity contribution >= 4 is 76.5 Å². The minimum Gasteiger partial charge on any atom is -0.505 e. The molecule has 0 aliphatic heterocycles. The fraction of sp³-hybridized carbons (Fsp3) is 0.0667. The maximum atomic E-state index is 12.4. The molecule has 50 heavy (non-hydrogen) atoms. The number of nitro groups is 1. The van der Waals surface area contributed by atoms with Crippen molar-refractivity contribution < 1.29 is 65.5 Å². The molecule has 0 spiro atoms. The molecule has 5 aromatic rings. The van der Waals surface area contributed by atoms with Gasteiger partial charge in [0, 0.05) is 12.1 Å². The molecule has 17 nitrogen and oxygen atoms in total. The minimum atomic E-state index is -5.12. The van der Waals surface area contributed by atoms with Crippen molar-refractivity contribution in [1.29, 1.82) is 0 Å². The number of phenols is 1. The first-order valence-electron chi connectivity index (χ1n) is 13.8. The molecule has 250 valence electrons. The molecule has 5 aromatic carbocycles. The standard InChI is InChI=1S/C30H24N8O9S2.Na/c1-16-5-3-4-6-22(16)34-33-20-9-12-23(17(2)13-20)35-37-29-25(49(45,46)47)15-18-14-24(48(42,43)44)28(27(31)26(18)30(29)39)36-32-19-7-10-21(11-8-19)38(40)41;/h3-15,39H,31H2,1-2H3,(H,42,43,44)(H,45,46,47);/q;+1. The Bertz CT molecular complexity index is 2470. The molecule has 0 bridgehead atoms. The monoisotopic (exact) mass is 727 g/mol. The Morgan fingerprint density at radius 1 is 0.680 bits per heavy atom. The molecule has 0 fully saturated rings. The van der Waals surface area contributed by atoms with Gasteiger partial charge >= 0.3 is 29.6 Å². The second kappa shape index (κ2) is 14.8. The van der Waals surface area contributed by atoms with Gasteiger partial charge in [-0.15, -0.1) is 10.2 Å². The van der Waals surface area contributed by atoms with E-state index in [4.69, 9.17) is 5.73 Å². The summed E-state index contributed by atoms with van der Waals surface area (Å²) in [6, 6.07) is 18.3. The van der Waals surface area contributed by atoms with E-state index in [1.807, 2.05) is 25.1 Å². The SMILES string of the molecule is Cc1ccccc1N=Nc1ccc(N=Nc2c(S(=O)(=O)O)cc3cc(S(=O)(=O)O)c(N=Nc4ccc([N+](=O)[O-])cc4)c(N)c3c2O)c(C)c1.[Na+]. The van der Waals surface area contributed by atoms with Crippen LogP contribution in [0.25, 0.3) is 10.8 Å². The summed E-state index contributed by atoms with van der Waals surface area (Å²) in [5, 5.41) is 45.5. The smallest absolute Gasteiger partial charge is 0.505 e. The normalized spacial score (nSPS) is 12.2. The first kappa shape index (κ1) is 37.8. The quantitative estimate of drug-likeness (QED) is 0.0375. The summed E-state index contributed by atoms with van der Waals surface area (Å²) in [5.74, 6) is -0.929. The number of nitrogens with zero attached hydrogens (tertiary/aromatic N) is 7.